The van der Waals surface area contributed by atoms with Gasteiger partial charge in [0.05, 0.1) is 35.2 Å². The number of pyridine rings is 1. The van der Waals surface area contributed by atoms with Crippen molar-refractivity contribution in [2.75, 3.05) is 40.3 Å². The van der Waals surface area contributed by atoms with Crippen LogP contribution in [-0.2, 0) is 17.9 Å². The zero-order valence-electron chi connectivity index (χ0n) is 22.7. The van der Waals surface area contributed by atoms with Crippen molar-refractivity contribution >= 4 is 39.6 Å². The second-order valence-corrected chi connectivity index (χ2v) is 11.2. The lowest BCUT2D eigenvalue weighted by Gasteiger charge is -2.37. The molecule has 7 rings (SSSR count). The maximum atomic E-state index is 15.1. The normalized spacial score (nSPS) is 18.4. The number of amides is 2. The Labute approximate surface area is 231 Å². The summed E-state index contributed by atoms with van der Waals surface area (Å²) in [5.74, 6) is -0.385. The highest BCUT2D eigenvalue weighted by Crippen LogP contribution is 2.37. The molecule has 0 aliphatic carbocycles. The molecule has 10 heteroatoms. The van der Waals surface area contributed by atoms with Crippen LogP contribution in [-0.4, -0.2) is 86.8 Å². The molecule has 1 fully saturated rings. The summed E-state index contributed by atoms with van der Waals surface area (Å²) in [4.78, 5) is 37.2. The number of aromatic nitrogens is 3. The van der Waals surface area contributed by atoms with Crippen molar-refractivity contribution in [1.29, 1.82) is 0 Å². The Morgan fingerprint density at radius 3 is 2.73 bits per heavy atom. The van der Waals surface area contributed by atoms with Gasteiger partial charge in [-0.15, -0.1) is 0 Å². The SMILES string of the molecule is CN(C)C1CCN(C(=O)N2CCn3cc(C4=C(c5cnc6ccccn56)C(=O)CN4)c4cc(F)cc(c43)C2)CC1. The first-order chi connectivity index (χ1) is 19.4. The van der Waals surface area contributed by atoms with Crippen LogP contribution in [0.5, 0.6) is 0 Å². The van der Waals surface area contributed by atoms with E-state index in [2.05, 4.69) is 33.9 Å². The summed E-state index contributed by atoms with van der Waals surface area (Å²) in [7, 11) is 4.17. The molecule has 1 saturated heterocycles. The van der Waals surface area contributed by atoms with E-state index in [-0.39, 0.29) is 24.2 Å². The Hall–Kier alpha value is -4.18. The summed E-state index contributed by atoms with van der Waals surface area (Å²) in [6.07, 6.45) is 7.51. The van der Waals surface area contributed by atoms with Crippen molar-refractivity contribution in [2.45, 2.75) is 32.0 Å². The van der Waals surface area contributed by atoms with Crippen molar-refractivity contribution in [3.8, 4) is 0 Å². The van der Waals surface area contributed by atoms with Gasteiger partial charge in [0.1, 0.15) is 11.5 Å². The first-order valence-corrected chi connectivity index (χ1v) is 13.8. The molecule has 3 aromatic heterocycles. The molecule has 0 saturated carbocycles. The molecule has 1 N–H and O–H groups in total. The fourth-order valence-electron chi connectivity index (χ4n) is 6.54. The van der Waals surface area contributed by atoms with E-state index >= 15 is 4.39 Å². The third-order valence-electron chi connectivity index (χ3n) is 8.62. The van der Waals surface area contributed by atoms with Crippen molar-refractivity contribution in [2.24, 2.45) is 0 Å². The molecule has 2 amide bonds. The second-order valence-electron chi connectivity index (χ2n) is 11.2. The number of benzene rings is 1. The highest BCUT2D eigenvalue weighted by molar-refractivity contribution is 6.32. The van der Waals surface area contributed by atoms with Crippen molar-refractivity contribution < 1.29 is 14.0 Å². The molecule has 0 atom stereocenters. The van der Waals surface area contributed by atoms with Crippen LogP contribution in [0.3, 0.4) is 0 Å². The molecule has 40 heavy (non-hydrogen) atoms. The smallest absolute Gasteiger partial charge is 0.320 e. The number of carbonyl (C=O) groups excluding carboxylic acids is 2. The molecule has 1 aromatic carbocycles. The third kappa shape index (κ3) is 3.97. The minimum Gasteiger partial charge on any atom is -0.376 e. The van der Waals surface area contributed by atoms with E-state index in [0.29, 0.717) is 42.6 Å². The van der Waals surface area contributed by atoms with E-state index < -0.39 is 0 Å². The largest absolute Gasteiger partial charge is 0.376 e. The number of nitrogens with one attached hydrogen (secondary N) is 1. The Balaban J connectivity index is 1.26. The number of likely N-dealkylation sites (tertiary alicyclic amines) is 1. The summed E-state index contributed by atoms with van der Waals surface area (Å²) in [5.41, 5.74) is 5.17. The first kappa shape index (κ1) is 24.8. The number of imidazole rings is 1. The number of piperidine rings is 1. The van der Waals surface area contributed by atoms with Crippen LogP contribution in [0.25, 0.3) is 27.8 Å². The predicted molar refractivity (Wildman–Crippen MR) is 151 cm³/mol. The molecule has 0 spiro atoms. The number of rotatable bonds is 3. The van der Waals surface area contributed by atoms with Crippen LogP contribution in [0.15, 0.2) is 48.9 Å². The molecule has 4 aromatic rings. The first-order valence-electron chi connectivity index (χ1n) is 13.8. The number of fused-ring (bicyclic) bond motifs is 1. The average molecular weight is 542 g/mol. The van der Waals surface area contributed by atoms with Crippen molar-refractivity contribution in [3.05, 3.63) is 71.6 Å². The highest BCUT2D eigenvalue weighted by Gasteiger charge is 2.32. The lowest BCUT2D eigenvalue weighted by molar-refractivity contribution is -0.112. The lowest BCUT2D eigenvalue weighted by atomic mass is 10.0. The minimum atomic E-state index is -0.358. The van der Waals surface area contributed by atoms with Crippen molar-refractivity contribution in [3.63, 3.8) is 0 Å². The van der Waals surface area contributed by atoms with Gasteiger partial charge in [0.25, 0.3) is 0 Å². The summed E-state index contributed by atoms with van der Waals surface area (Å²) in [6, 6.07) is 9.30. The summed E-state index contributed by atoms with van der Waals surface area (Å²) in [5, 5.41) is 4.03. The molecule has 3 aliphatic heterocycles. The minimum absolute atomic E-state index is 0.0151. The molecule has 0 bridgehead atoms. The number of urea groups is 1. The fourth-order valence-corrected chi connectivity index (χ4v) is 6.54. The van der Waals surface area contributed by atoms with Crippen LogP contribution in [0.1, 0.15) is 29.7 Å². The zero-order chi connectivity index (χ0) is 27.5. The Kier molecular flexibility index (Phi) is 5.88. The topological polar surface area (TPSA) is 78.1 Å². The number of hydrogen-bond donors (Lipinski definition) is 1. The molecular formula is C30H32FN7O2. The number of hydrogen-bond acceptors (Lipinski definition) is 5. The number of nitrogens with zero attached hydrogens (tertiary/aromatic N) is 6. The Bertz CT molecular complexity index is 1690. The zero-order valence-corrected chi connectivity index (χ0v) is 22.7. The second kappa shape index (κ2) is 9.48. The molecule has 9 nitrogen and oxygen atoms in total. The number of halogens is 1. The quantitative estimate of drug-likeness (QED) is 0.430. The Morgan fingerprint density at radius 2 is 1.93 bits per heavy atom. The van der Waals surface area contributed by atoms with E-state index in [1.807, 2.05) is 44.8 Å². The van der Waals surface area contributed by atoms with E-state index in [9.17, 15) is 9.59 Å². The molecule has 0 radical (unpaired) electrons. The molecule has 206 valence electrons. The van der Waals surface area contributed by atoms with Gasteiger partial charge in [0.15, 0.2) is 5.78 Å². The molecular weight excluding hydrogens is 509 g/mol. The molecule has 3 aliphatic rings. The van der Waals surface area contributed by atoms with Crippen LogP contribution in [0, 0.1) is 5.82 Å². The van der Waals surface area contributed by atoms with Gasteiger partial charge < -0.3 is 24.6 Å². The van der Waals surface area contributed by atoms with Gasteiger partial charge in [-0.3, -0.25) is 9.20 Å². The van der Waals surface area contributed by atoms with E-state index in [0.717, 1.165) is 53.6 Å². The number of ketones is 1. The summed E-state index contributed by atoms with van der Waals surface area (Å²) < 4.78 is 19.1. The summed E-state index contributed by atoms with van der Waals surface area (Å²) in [6.45, 7) is 3.08. The van der Waals surface area contributed by atoms with Crippen LogP contribution < -0.4 is 5.32 Å². The van der Waals surface area contributed by atoms with Gasteiger partial charge in [0.2, 0.25) is 0 Å². The van der Waals surface area contributed by atoms with Crippen LogP contribution >= 0.6 is 0 Å². The number of carbonyl (C=O) groups is 2. The highest BCUT2D eigenvalue weighted by atomic mass is 19.1. The van der Waals surface area contributed by atoms with Gasteiger partial charge in [-0.1, -0.05) is 6.07 Å². The van der Waals surface area contributed by atoms with E-state index in [4.69, 9.17) is 0 Å². The summed E-state index contributed by atoms with van der Waals surface area (Å²) >= 11 is 0. The average Bonchev–Trinajstić information content (AvgIpc) is 3.61. The molecule has 6 heterocycles. The maximum absolute atomic E-state index is 15.1. The van der Waals surface area contributed by atoms with Gasteiger partial charge >= 0.3 is 6.03 Å². The predicted octanol–water partition coefficient (Wildman–Crippen LogP) is 3.43. The van der Waals surface area contributed by atoms with Crippen LogP contribution in [0.4, 0.5) is 9.18 Å². The molecule has 0 unspecified atom stereocenters. The number of Topliss-reactive ketones (excluding diaryl/α,β-unsaturated/α-hetero) is 1. The lowest BCUT2D eigenvalue weighted by Crippen LogP contribution is -2.49. The maximum Gasteiger partial charge on any atom is 0.320 e. The van der Waals surface area contributed by atoms with E-state index in [1.54, 1.807) is 12.3 Å². The van der Waals surface area contributed by atoms with E-state index in [1.165, 1.54) is 6.07 Å². The standard InChI is InChI=1S/C30H32FN7O2/c1-34(2)21-6-9-35(10-7-21)30(40)37-12-11-36-18-23(22-14-20(31)13-19(17-37)29(22)36)28-27(25(39)16-33-28)24-15-32-26-5-3-4-8-38(24)26/h3-5,8,13-15,18,21,33H,6-7,9-12,16-17H2,1-2H3. The fraction of sp³-hybridized carbons (Fsp3) is 0.367. The van der Waals surface area contributed by atoms with Crippen LogP contribution in [0.2, 0.25) is 0 Å². The van der Waals surface area contributed by atoms with Gasteiger partial charge in [-0.25, -0.2) is 14.2 Å². The van der Waals surface area contributed by atoms with Gasteiger partial charge in [-0.2, -0.15) is 0 Å². The third-order valence-corrected chi connectivity index (χ3v) is 8.62. The van der Waals surface area contributed by atoms with Gasteiger partial charge in [0, 0.05) is 62.1 Å². The Morgan fingerprint density at radius 1 is 1.10 bits per heavy atom. The monoisotopic (exact) mass is 541 g/mol. The van der Waals surface area contributed by atoms with Crippen molar-refractivity contribution in [1.82, 2.24) is 34.0 Å². The van der Waals surface area contributed by atoms with Gasteiger partial charge in [-0.05, 0) is 56.8 Å².